The third-order valence-corrected chi connectivity index (χ3v) is 4.74. The zero-order valence-corrected chi connectivity index (χ0v) is 13.4. The number of benzene rings is 4. The van der Waals surface area contributed by atoms with Crippen molar-refractivity contribution in [2.75, 3.05) is 0 Å². The molecule has 0 saturated carbocycles. The minimum Gasteiger partial charge on any atom is -0.0616 e. The summed E-state index contributed by atoms with van der Waals surface area (Å²) in [5.41, 5.74) is 1.45. The monoisotopic (exact) mass is 334 g/mol. The Labute approximate surface area is 132 Å². The van der Waals surface area contributed by atoms with Gasteiger partial charge in [-0.05, 0) is 74.6 Å². The molecule has 0 unspecified atom stereocenters. The quantitative estimate of drug-likeness (QED) is 0.350. The topological polar surface area (TPSA) is 0 Å². The Hall–Kier alpha value is -1.86. The van der Waals surface area contributed by atoms with E-state index in [9.17, 15) is 0 Å². The third-order valence-electron chi connectivity index (χ3n) is 4.25. The van der Waals surface area contributed by atoms with Gasteiger partial charge in [0.25, 0.3) is 0 Å². The van der Waals surface area contributed by atoms with E-state index in [-0.39, 0.29) is 0 Å². The lowest BCUT2D eigenvalue weighted by Gasteiger charge is -2.11. The molecule has 0 aliphatic heterocycles. The van der Waals surface area contributed by atoms with Gasteiger partial charge in [0.05, 0.1) is 0 Å². The number of rotatable bonds is 1. The fourth-order valence-electron chi connectivity index (χ4n) is 3.26. The van der Waals surface area contributed by atoms with Crippen LogP contribution in [0.3, 0.4) is 0 Å². The highest BCUT2D eigenvalue weighted by atomic mass is 79.9. The second-order valence-corrected chi connectivity index (χ2v) is 6.41. The Bertz CT molecular complexity index is 983. The van der Waals surface area contributed by atoms with Crippen molar-refractivity contribution in [3.05, 3.63) is 70.7 Å². The van der Waals surface area contributed by atoms with E-state index in [0.29, 0.717) is 0 Å². The number of hydrogen-bond donors (Lipinski definition) is 0. The van der Waals surface area contributed by atoms with E-state index >= 15 is 0 Å². The van der Waals surface area contributed by atoms with Crippen molar-refractivity contribution < 1.29 is 0 Å². The molecule has 4 aromatic rings. The smallest absolute Gasteiger partial charge is 0.0181 e. The molecule has 0 aliphatic rings. The summed E-state index contributed by atoms with van der Waals surface area (Å²) in [7, 11) is 0. The van der Waals surface area contributed by atoms with E-state index in [1.807, 2.05) is 0 Å². The van der Waals surface area contributed by atoms with Crippen molar-refractivity contribution in [3.63, 3.8) is 0 Å². The molecule has 0 fully saturated rings. The van der Waals surface area contributed by atoms with Gasteiger partial charge in [-0.25, -0.2) is 0 Å². The van der Waals surface area contributed by atoms with Gasteiger partial charge in [-0.15, -0.1) is 0 Å². The highest BCUT2D eigenvalue weighted by Gasteiger charge is 2.07. The molecule has 0 atom stereocenters. The van der Waals surface area contributed by atoms with Crippen LogP contribution in [0.25, 0.3) is 32.3 Å². The van der Waals surface area contributed by atoms with Crippen LogP contribution in [0.1, 0.15) is 12.5 Å². The predicted octanol–water partition coefficient (Wildman–Crippen LogP) is 6.47. The van der Waals surface area contributed by atoms with Crippen molar-refractivity contribution in [1.29, 1.82) is 0 Å². The van der Waals surface area contributed by atoms with Crippen LogP contribution >= 0.6 is 15.9 Å². The second kappa shape index (κ2) is 4.85. The molecule has 0 bridgehead atoms. The molecule has 1 heteroatoms. The van der Waals surface area contributed by atoms with Crippen molar-refractivity contribution in [2.24, 2.45) is 0 Å². The normalized spacial score (nSPS) is 11.5. The van der Waals surface area contributed by atoms with Crippen molar-refractivity contribution in [2.45, 2.75) is 13.3 Å². The van der Waals surface area contributed by atoms with E-state index in [1.54, 1.807) is 0 Å². The van der Waals surface area contributed by atoms with Crippen LogP contribution in [-0.4, -0.2) is 0 Å². The van der Waals surface area contributed by atoms with Gasteiger partial charge in [0.2, 0.25) is 0 Å². The summed E-state index contributed by atoms with van der Waals surface area (Å²) in [5.74, 6) is 0. The second-order valence-electron chi connectivity index (χ2n) is 5.49. The summed E-state index contributed by atoms with van der Waals surface area (Å²) in [6, 6.07) is 22.1. The van der Waals surface area contributed by atoms with Crippen LogP contribution in [0, 0.1) is 0 Å². The van der Waals surface area contributed by atoms with Gasteiger partial charge in [0, 0.05) is 4.47 Å². The van der Waals surface area contributed by atoms with Crippen LogP contribution in [0.2, 0.25) is 0 Å². The third kappa shape index (κ3) is 2.04. The average Bonchev–Trinajstić information content (AvgIpc) is 2.50. The standard InChI is InChI=1S/C20H15Br/c1-2-18-19-6-4-3-5-14(19)9-16-10-15-11-17(21)8-7-13(15)12-20(16)18/h3-12H,2H2,1H3. The van der Waals surface area contributed by atoms with Gasteiger partial charge in [-0.3, -0.25) is 0 Å². The first kappa shape index (κ1) is 12.8. The molecule has 0 N–H and O–H groups in total. The minimum absolute atomic E-state index is 1.06. The molecular weight excluding hydrogens is 320 g/mol. The van der Waals surface area contributed by atoms with E-state index < -0.39 is 0 Å². The van der Waals surface area contributed by atoms with Gasteiger partial charge in [0.15, 0.2) is 0 Å². The Kier molecular flexibility index (Phi) is 2.97. The highest BCUT2D eigenvalue weighted by Crippen LogP contribution is 2.32. The number of fused-ring (bicyclic) bond motifs is 3. The zero-order chi connectivity index (χ0) is 14.4. The van der Waals surface area contributed by atoms with Crippen LogP contribution < -0.4 is 0 Å². The highest BCUT2D eigenvalue weighted by molar-refractivity contribution is 9.10. The van der Waals surface area contributed by atoms with Gasteiger partial charge < -0.3 is 0 Å². The summed E-state index contributed by atoms with van der Waals surface area (Å²) in [5, 5.41) is 8.01. The Morgan fingerprint density at radius 3 is 2.38 bits per heavy atom. The summed E-state index contributed by atoms with van der Waals surface area (Å²) in [6.45, 7) is 2.24. The lowest BCUT2D eigenvalue weighted by atomic mass is 9.93. The molecule has 0 spiro atoms. The SMILES string of the molecule is CCc1c2ccccc2cc2cc3cc(Br)ccc3cc12. The van der Waals surface area contributed by atoms with Crippen LogP contribution in [0.4, 0.5) is 0 Å². The van der Waals surface area contributed by atoms with Gasteiger partial charge in [-0.2, -0.15) is 0 Å². The molecule has 4 aromatic carbocycles. The van der Waals surface area contributed by atoms with Crippen molar-refractivity contribution >= 4 is 48.2 Å². The van der Waals surface area contributed by atoms with Crippen LogP contribution in [0.5, 0.6) is 0 Å². The molecule has 0 heterocycles. The first-order chi connectivity index (χ1) is 10.3. The van der Waals surface area contributed by atoms with E-state index in [4.69, 9.17) is 0 Å². The molecule has 0 nitrogen and oxygen atoms in total. The maximum absolute atomic E-state index is 3.56. The first-order valence-corrected chi connectivity index (χ1v) is 8.09. The first-order valence-electron chi connectivity index (χ1n) is 7.30. The Morgan fingerprint density at radius 2 is 1.52 bits per heavy atom. The predicted molar refractivity (Wildman–Crippen MR) is 96.0 cm³/mol. The molecule has 0 radical (unpaired) electrons. The van der Waals surface area contributed by atoms with Crippen LogP contribution in [0.15, 0.2) is 65.1 Å². The molecule has 102 valence electrons. The molecule has 0 saturated heterocycles. The number of aryl methyl sites for hydroxylation is 1. The average molecular weight is 335 g/mol. The fourth-order valence-corrected chi connectivity index (χ4v) is 3.64. The summed E-state index contributed by atoms with van der Waals surface area (Å²) in [4.78, 5) is 0. The number of halogens is 1. The maximum atomic E-state index is 3.56. The minimum atomic E-state index is 1.06. The maximum Gasteiger partial charge on any atom is 0.0181 e. The fraction of sp³-hybridized carbons (Fsp3) is 0.100. The molecule has 4 rings (SSSR count). The van der Waals surface area contributed by atoms with Crippen LogP contribution in [-0.2, 0) is 6.42 Å². The van der Waals surface area contributed by atoms with E-state index in [0.717, 1.165) is 10.9 Å². The molecule has 21 heavy (non-hydrogen) atoms. The Morgan fingerprint density at radius 1 is 0.714 bits per heavy atom. The molecule has 0 aliphatic carbocycles. The van der Waals surface area contributed by atoms with Gasteiger partial charge in [0.1, 0.15) is 0 Å². The van der Waals surface area contributed by atoms with E-state index in [2.05, 4.69) is 83.5 Å². The lowest BCUT2D eigenvalue weighted by molar-refractivity contribution is 1.18. The molecule has 0 aromatic heterocycles. The van der Waals surface area contributed by atoms with Crippen molar-refractivity contribution in [1.82, 2.24) is 0 Å². The van der Waals surface area contributed by atoms with Gasteiger partial charge >= 0.3 is 0 Å². The largest absolute Gasteiger partial charge is 0.0616 e. The molecule has 0 amide bonds. The summed E-state index contributed by atoms with van der Waals surface area (Å²) < 4.78 is 1.13. The summed E-state index contributed by atoms with van der Waals surface area (Å²) >= 11 is 3.56. The zero-order valence-electron chi connectivity index (χ0n) is 11.9. The van der Waals surface area contributed by atoms with Crippen molar-refractivity contribution in [3.8, 4) is 0 Å². The van der Waals surface area contributed by atoms with E-state index in [1.165, 1.54) is 37.9 Å². The number of hydrogen-bond acceptors (Lipinski definition) is 0. The van der Waals surface area contributed by atoms with Gasteiger partial charge in [-0.1, -0.05) is 53.2 Å². The Balaban J connectivity index is 2.21. The summed E-state index contributed by atoms with van der Waals surface area (Å²) in [6.07, 6.45) is 1.06. The lowest BCUT2D eigenvalue weighted by Crippen LogP contribution is -1.88. The molecular formula is C20H15Br.